The molecule has 1 amide bonds. The van der Waals surface area contributed by atoms with Gasteiger partial charge in [0.05, 0.1) is 6.20 Å². The minimum absolute atomic E-state index is 0.268. The van der Waals surface area contributed by atoms with E-state index in [0.717, 1.165) is 5.56 Å². The van der Waals surface area contributed by atoms with Crippen molar-refractivity contribution in [2.45, 2.75) is 6.04 Å². The number of aromatic nitrogens is 2. The Labute approximate surface area is 92.7 Å². The Morgan fingerprint density at radius 1 is 1.31 bits per heavy atom. The molecular weight excluding hydrogens is 204 g/mol. The van der Waals surface area contributed by atoms with E-state index in [9.17, 15) is 4.79 Å². The van der Waals surface area contributed by atoms with Crippen molar-refractivity contribution in [3.05, 3.63) is 48.2 Å². The van der Waals surface area contributed by atoms with Crippen LogP contribution in [0.15, 0.2) is 42.6 Å². The van der Waals surface area contributed by atoms with Gasteiger partial charge in [-0.1, -0.05) is 30.3 Å². The average molecular weight is 216 g/mol. The second-order valence-corrected chi connectivity index (χ2v) is 3.35. The third-order valence-corrected chi connectivity index (χ3v) is 2.20. The van der Waals surface area contributed by atoms with Crippen molar-refractivity contribution in [1.29, 1.82) is 0 Å². The van der Waals surface area contributed by atoms with Gasteiger partial charge in [-0.25, -0.2) is 0 Å². The van der Waals surface area contributed by atoms with Crippen LogP contribution in [-0.2, 0) is 4.79 Å². The van der Waals surface area contributed by atoms with E-state index in [1.807, 2.05) is 30.3 Å². The van der Waals surface area contributed by atoms with Crippen molar-refractivity contribution in [3.8, 4) is 0 Å². The molecule has 0 fully saturated rings. The summed E-state index contributed by atoms with van der Waals surface area (Å²) in [5.41, 5.74) is 6.59. The Balaban J connectivity index is 2.05. The number of hydrogen-bond acceptors (Lipinski definition) is 3. The summed E-state index contributed by atoms with van der Waals surface area (Å²) in [7, 11) is 0. The number of aromatic amines is 1. The predicted octanol–water partition coefficient (Wildman–Crippen LogP) is 1.05. The number of H-pyrrole nitrogens is 1. The minimum Gasteiger partial charge on any atom is -0.316 e. The zero-order valence-corrected chi connectivity index (χ0v) is 8.55. The monoisotopic (exact) mass is 216 g/mol. The number of rotatable bonds is 3. The summed E-state index contributed by atoms with van der Waals surface area (Å²) in [5, 5.41) is 9.00. The molecule has 0 spiro atoms. The lowest BCUT2D eigenvalue weighted by molar-refractivity contribution is -0.117. The van der Waals surface area contributed by atoms with Crippen LogP contribution in [0.2, 0.25) is 0 Å². The number of benzene rings is 1. The van der Waals surface area contributed by atoms with E-state index in [-0.39, 0.29) is 5.91 Å². The van der Waals surface area contributed by atoms with Crippen LogP contribution in [0, 0.1) is 0 Å². The first-order valence-electron chi connectivity index (χ1n) is 4.88. The molecule has 2 rings (SSSR count). The van der Waals surface area contributed by atoms with Crippen molar-refractivity contribution >= 4 is 11.7 Å². The molecule has 2 aromatic rings. The summed E-state index contributed by atoms with van der Waals surface area (Å²) in [6, 6.07) is 10.2. The number of nitrogens with two attached hydrogens (primary N) is 1. The van der Waals surface area contributed by atoms with Gasteiger partial charge in [0.1, 0.15) is 11.9 Å². The fraction of sp³-hybridized carbons (Fsp3) is 0.0909. The highest BCUT2D eigenvalue weighted by Gasteiger charge is 2.15. The van der Waals surface area contributed by atoms with Crippen molar-refractivity contribution < 1.29 is 4.79 Å². The quantitative estimate of drug-likeness (QED) is 0.717. The summed E-state index contributed by atoms with van der Waals surface area (Å²) >= 11 is 0. The standard InChI is InChI=1S/C11H12N4O/c12-10(8-4-2-1-3-5-8)11(16)14-9-6-7-13-15-9/h1-7,10H,12H2,(H2,13,14,15,16)/t10-/m0/s1. The molecule has 0 bridgehead atoms. The number of nitrogens with zero attached hydrogens (tertiary/aromatic N) is 1. The summed E-state index contributed by atoms with van der Waals surface area (Å²) in [6.07, 6.45) is 1.56. The van der Waals surface area contributed by atoms with Gasteiger partial charge in [0, 0.05) is 6.07 Å². The molecule has 1 aromatic carbocycles. The lowest BCUT2D eigenvalue weighted by Crippen LogP contribution is -2.27. The van der Waals surface area contributed by atoms with Crippen molar-refractivity contribution in [1.82, 2.24) is 10.2 Å². The zero-order valence-electron chi connectivity index (χ0n) is 8.55. The van der Waals surface area contributed by atoms with Gasteiger partial charge in [-0.05, 0) is 5.56 Å². The molecule has 5 heteroatoms. The zero-order chi connectivity index (χ0) is 11.4. The van der Waals surface area contributed by atoms with Gasteiger partial charge >= 0.3 is 0 Å². The number of amides is 1. The van der Waals surface area contributed by atoms with Crippen molar-refractivity contribution in [3.63, 3.8) is 0 Å². The van der Waals surface area contributed by atoms with Crippen LogP contribution in [0.25, 0.3) is 0 Å². The second-order valence-electron chi connectivity index (χ2n) is 3.35. The Bertz CT molecular complexity index is 452. The third-order valence-electron chi connectivity index (χ3n) is 2.20. The normalized spacial score (nSPS) is 12.1. The summed E-state index contributed by atoms with van der Waals surface area (Å²) in [5.74, 6) is 0.270. The highest BCUT2D eigenvalue weighted by Crippen LogP contribution is 2.11. The van der Waals surface area contributed by atoms with Gasteiger partial charge < -0.3 is 11.1 Å². The fourth-order valence-corrected chi connectivity index (χ4v) is 1.35. The third kappa shape index (κ3) is 2.26. The van der Waals surface area contributed by atoms with E-state index in [4.69, 9.17) is 5.73 Å². The number of nitrogens with one attached hydrogen (secondary N) is 2. The van der Waals surface area contributed by atoms with Crippen LogP contribution in [-0.4, -0.2) is 16.1 Å². The molecule has 0 radical (unpaired) electrons. The number of carbonyl (C=O) groups is 1. The van der Waals surface area contributed by atoms with Crippen LogP contribution >= 0.6 is 0 Å². The number of anilines is 1. The number of carbonyl (C=O) groups excluding carboxylic acids is 1. The molecule has 1 heterocycles. The lowest BCUT2D eigenvalue weighted by Gasteiger charge is -2.10. The average Bonchev–Trinajstić information content (AvgIpc) is 2.82. The van der Waals surface area contributed by atoms with E-state index in [1.54, 1.807) is 12.3 Å². The van der Waals surface area contributed by atoms with Gasteiger partial charge in [0.25, 0.3) is 0 Å². The maximum atomic E-state index is 11.7. The summed E-state index contributed by atoms with van der Waals surface area (Å²) < 4.78 is 0. The maximum Gasteiger partial charge on any atom is 0.247 e. The lowest BCUT2D eigenvalue weighted by atomic mass is 10.1. The largest absolute Gasteiger partial charge is 0.316 e. The molecule has 0 aliphatic heterocycles. The molecule has 1 aromatic heterocycles. The molecule has 82 valence electrons. The SMILES string of the molecule is N[C@H](C(=O)Nc1ccn[nH]1)c1ccccc1. The Morgan fingerprint density at radius 3 is 2.69 bits per heavy atom. The van der Waals surface area contributed by atoms with Gasteiger partial charge in [-0.3, -0.25) is 9.89 Å². The van der Waals surface area contributed by atoms with Crippen LogP contribution < -0.4 is 11.1 Å². The molecule has 0 aliphatic rings. The topological polar surface area (TPSA) is 83.8 Å². The van der Waals surface area contributed by atoms with Crippen LogP contribution in [0.5, 0.6) is 0 Å². The first-order chi connectivity index (χ1) is 7.77. The van der Waals surface area contributed by atoms with E-state index >= 15 is 0 Å². The second kappa shape index (κ2) is 4.59. The van der Waals surface area contributed by atoms with Crippen molar-refractivity contribution in [2.24, 2.45) is 5.73 Å². The smallest absolute Gasteiger partial charge is 0.247 e. The molecule has 0 unspecified atom stereocenters. The maximum absolute atomic E-state index is 11.7. The van der Waals surface area contributed by atoms with Gasteiger partial charge in [0.15, 0.2) is 0 Å². The molecule has 16 heavy (non-hydrogen) atoms. The van der Waals surface area contributed by atoms with Crippen LogP contribution in [0.4, 0.5) is 5.82 Å². The number of hydrogen-bond donors (Lipinski definition) is 3. The molecule has 0 aliphatic carbocycles. The van der Waals surface area contributed by atoms with E-state index in [2.05, 4.69) is 15.5 Å². The van der Waals surface area contributed by atoms with Gasteiger partial charge in [-0.2, -0.15) is 5.10 Å². The molecular formula is C11H12N4O. The van der Waals surface area contributed by atoms with E-state index in [0.29, 0.717) is 5.82 Å². The minimum atomic E-state index is -0.676. The molecule has 4 N–H and O–H groups in total. The highest BCUT2D eigenvalue weighted by atomic mass is 16.2. The van der Waals surface area contributed by atoms with E-state index in [1.165, 1.54) is 0 Å². The Hall–Kier alpha value is -2.14. The van der Waals surface area contributed by atoms with E-state index < -0.39 is 6.04 Å². The fourth-order valence-electron chi connectivity index (χ4n) is 1.35. The molecule has 0 saturated carbocycles. The highest BCUT2D eigenvalue weighted by molar-refractivity contribution is 5.94. The molecule has 1 atom stereocenters. The Kier molecular flexibility index (Phi) is 2.98. The molecule has 5 nitrogen and oxygen atoms in total. The Morgan fingerprint density at radius 2 is 2.06 bits per heavy atom. The molecule has 0 saturated heterocycles. The first-order valence-corrected chi connectivity index (χ1v) is 4.88. The van der Waals surface area contributed by atoms with Gasteiger partial charge in [-0.15, -0.1) is 0 Å². The first kappa shape index (κ1) is 10.4. The summed E-state index contributed by atoms with van der Waals surface area (Å²) in [4.78, 5) is 11.7. The van der Waals surface area contributed by atoms with Gasteiger partial charge in [0.2, 0.25) is 5.91 Å². The summed E-state index contributed by atoms with van der Waals surface area (Å²) in [6.45, 7) is 0. The predicted molar refractivity (Wildman–Crippen MR) is 60.6 cm³/mol. The van der Waals surface area contributed by atoms with Crippen LogP contribution in [0.1, 0.15) is 11.6 Å². The van der Waals surface area contributed by atoms with Crippen LogP contribution in [0.3, 0.4) is 0 Å². The van der Waals surface area contributed by atoms with Crippen molar-refractivity contribution in [2.75, 3.05) is 5.32 Å².